The van der Waals surface area contributed by atoms with E-state index in [1.54, 1.807) is 0 Å². The number of halogens is 4. The molecule has 0 aromatic carbocycles. The Morgan fingerprint density at radius 1 is 1.46 bits per heavy atom. The van der Waals surface area contributed by atoms with E-state index in [4.69, 9.17) is 0 Å². The van der Waals surface area contributed by atoms with Gasteiger partial charge >= 0.3 is 6.18 Å². The molecule has 0 saturated heterocycles. The molecule has 0 aliphatic rings. The van der Waals surface area contributed by atoms with Gasteiger partial charge in [0.05, 0.1) is 0 Å². The van der Waals surface area contributed by atoms with Crippen LogP contribution in [0.2, 0.25) is 0 Å². The van der Waals surface area contributed by atoms with E-state index < -0.39 is 11.7 Å². The largest absolute Gasteiger partial charge is 0.420 e. The van der Waals surface area contributed by atoms with Gasteiger partial charge in [-0.05, 0) is 22.6 Å². The lowest BCUT2D eigenvalue weighted by Gasteiger charge is -2.07. The van der Waals surface area contributed by atoms with Gasteiger partial charge < -0.3 is 0 Å². The summed E-state index contributed by atoms with van der Waals surface area (Å²) in [6.07, 6.45) is -3.68. The molecular formula is C6H2F3IN2S. The van der Waals surface area contributed by atoms with E-state index in [1.165, 1.54) is 22.6 Å². The second-order valence-electron chi connectivity index (χ2n) is 2.05. The molecule has 7 heteroatoms. The highest BCUT2D eigenvalue weighted by molar-refractivity contribution is 14.1. The van der Waals surface area contributed by atoms with Crippen molar-refractivity contribution in [2.45, 2.75) is 6.18 Å². The molecule has 13 heavy (non-hydrogen) atoms. The van der Waals surface area contributed by atoms with Crippen molar-refractivity contribution >= 4 is 40.2 Å². The zero-order valence-corrected chi connectivity index (χ0v) is 8.94. The Kier molecular flexibility index (Phi) is 3.17. The Balaban J connectivity index is 3.20. The molecule has 0 amide bonds. The van der Waals surface area contributed by atoms with Gasteiger partial charge in [0, 0.05) is 11.6 Å². The van der Waals surface area contributed by atoms with Gasteiger partial charge in [0.25, 0.3) is 0 Å². The van der Waals surface area contributed by atoms with Crippen molar-refractivity contribution in [2.24, 2.45) is 0 Å². The first-order chi connectivity index (χ1) is 5.95. The minimum absolute atomic E-state index is 0.118. The van der Waals surface area contributed by atoms with Gasteiger partial charge in [-0.1, -0.05) is 12.2 Å². The molecule has 1 aromatic rings. The molecular weight excluding hydrogens is 316 g/mol. The van der Waals surface area contributed by atoms with Crippen LogP contribution in [0.4, 0.5) is 13.2 Å². The summed E-state index contributed by atoms with van der Waals surface area (Å²) in [6, 6.07) is 0. The fraction of sp³-hybridized carbons (Fsp3) is 0.167. The molecule has 0 N–H and O–H groups in total. The third-order valence-electron chi connectivity index (χ3n) is 1.17. The molecule has 1 aromatic heterocycles. The van der Waals surface area contributed by atoms with Gasteiger partial charge in [-0.3, -0.25) is 0 Å². The van der Waals surface area contributed by atoms with Crippen LogP contribution >= 0.6 is 34.8 Å². The van der Waals surface area contributed by atoms with Crippen LogP contribution in [0.1, 0.15) is 11.4 Å². The highest BCUT2D eigenvalue weighted by Gasteiger charge is 2.34. The fourth-order valence-electron chi connectivity index (χ4n) is 0.621. The summed E-state index contributed by atoms with van der Waals surface area (Å²) in [7, 11) is 0. The van der Waals surface area contributed by atoms with Crippen molar-refractivity contribution in [2.75, 3.05) is 0 Å². The van der Waals surface area contributed by atoms with Crippen LogP contribution in [0.15, 0.2) is 6.20 Å². The molecule has 0 aliphatic carbocycles. The van der Waals surface area contributed by atoms with E-state index in [0.29, 0.717) is 0 Å². The number of alkyl halides is 3. The van der Waals surface area contributed by atoms with Crippen molar-refractivity contribution in [3.05, 3.63) is 21.3 Å². The van der Waals surface area contributed by atoms with Crippen LogP contribution in [0, 0.1) is 3.70 Å². The number of thiocarbonyl (C=S) groups is 1. The smallest absolute Gasteiger partial charge is 0.236 e. The summed E-state index contributed by atoms with van der Waals surface area (Å²) in [6.45, 7) is 0. The Hall–Kier alpha value is -0.310. The number of aromatic nitrogens is 2. The highest BCUT2D eigenvalue weighted by atomic mass is 127. The predicted molar refractivity (Wildman–Crippen MR) is 52.5 cm³/mol. The number of hydrogen-bond donors (Lipinski definition) is 0. The Morgan fingerprint density at radius 2 is 2.08 bits per heavy atom. The van der Waals surface area contributed by atoms with E-state index in [0.717, 1.165) is 11.6 Å². The minimum atomic E-state index is -4.41. The summed E-state index contributed by atoms with van der Waals surface area (Å²) in [5.74, 6) is 0.118. The first kappa shape index (κ1) is 10.8. The topological polar surface area (TPSA) is 25.8 Å². The standard InChI is InChI=1S/C6H2F3IN2S/c7-6(8,9)3-1-11-4(2-13)12-5(3)10/h1-2H. The summed E-state index contributed by atoms with van der Waals surface area (Å²) in [5.41, 5.74) is -0.839. The van der Waals surface area contributed by atoms with Crippen molar-refractivity contribution < 1.29 is 13.2 Å². The van der Waals surface area contributed by atoms with E-state index in [9.17, 15) is 13.2 Å². The number of rotatable bonds is 1. The van der Waals surface area contributed by atoms with Gasteiger partial charge in [-0.2, -0.15) is 13.2 Å². The zero-order valence-electron chi connectivity index (χ0n) is 5.97. The molecule has 70 valence electrons. The SMILES string of the molecule is FC(F)(F)c1cnc(C=S)nc1I. The molecule has 0 saturated carbocycles. The van der Waals surface area contributed by atoms with Crippen LogP contribution in [-0.4, -0.2) is 15.3 Å². The van der Waals surface area contributed by atoms with Crippen LogP contribution in [0.25, 0.3) is 0 Å². The van der Waals surface area contributed by atoms with Crippen molar-refractivity contribution in [3.63, 3.8) is 0 Å². The normalized spacial score (nSPS) is 11.4. The fourth-order valence-corrected chi connectivity index (χ4v) is 1.43. The second-order valence-corrected chi connectivity index (χ2v) is 3.31. The maximum Gasteiger partial charge on any atom is 0.420 e. The van der Waals surface area contributed by atoms with Crippen LogP contribution in [0.5, 0.6) is 0 Å². The maximum atomic E-state index is 12.2. The number of nitrogens with zero attached hydrogens (tertiary/aromatic N) is 2. The molecule has 0 bridgehead atoms. The van der Waals surface area contributed by atoms with Crippen molar-refractivity contribution in [3.8, 4) is 0 Å². The molecule has 0 spiro atoms. The molecule has 0 radical (unpaired) electrons. The Labute approximate surface area is 90.7 Å². The zero-order chi connectivity index (χ0) is 10.1. The highest BCUT2D eigenvalue weighted by Crippen LogP contribution is 2.31. The lowest BCUT2D eigenvalue weighted by molar-refractivity contribution is -0.138. The monoisotopic (exact) mass is 318 g/mol. The quantitative estimate of drug-likeness (QED) is 0.452. The molecule has 0 atom stereocenters. The van der Waals surface area contributed by atoms with Crippen molar-refractivity contribution in [1.29, 1.82) is 0 Å². The third-order valence-corrected chi connectivity index (χ3v) is 2.20. The average Bonchev–Trinajstić information content (AvgIpc) is 2.01. The summed E-state index contributed by atoms with van der Waals surface area (Å²) in [5, 5.41) is 1.13. The van der Waals surface area contributed by atoms with Gasteiger partial charge in [0.15, 0.2) is 5.82 Å². The summed E-state index contributed by atoms with van der Waals surface area (Å²) >= 11 is 5.98. The molecule has 0 fully saturated rings. The van der Waals surface area contributed by atoms with Crippen LogP contribution in [-0.2, 0) is 6.18 Å². The summed E-state index contributed by atoms with van der Waals surface area (Å²) < 4.78 is 36.3. The molecule has 1 heterocycles. The Morgan fingerprint density at radius 3 is 2.46 bits per heavy atom. The van der Waals surface area contributed by atoms with E-state index in [2.05, 4.69) is 22.2 Å². The lowest BCUT2D eigenvalue weighted by atomic mass is 10.3. The van der Waals surface area contributed by atoms with Gasteiger partial charge in [0.1, 0.15) is 9.26 Å². The van der Waals surface area contributed by atoms with Gasteiger partial charge in [-0.25, -0.2) is 9.97 Å². The van der Waals surface area contributed by atoms with Crippen molar-refractivity contribution in [1.82, 2.24) is 9.97 Å². The number of hydrogen-bond acceptors (Lipinski definition) is 3. The molecule has 1 rings (SSSR count). The van der Waals surface area contributed by atoms with E-state index in [-0.39, 0.29) is 9.53 Å². The predicted octanol–water partition coefficient (Wildman–Crippen LogP) is 2.45. The first-order valence-corrected chi connectivity index (χ1v) is 4.55. The average molecular weight is 318 g/mol. The lowest BCUT2D eigenvalue weighted by Crippen LogP contribution is -2.11. The van der Waals surface area contributed by atoms with Crippen LogP contribution in [0.3, 0.4) is 0 Å². The van der Waals surface area contributed by atoms with Crippen LogP contribution < -0.4 is 0 Å². The first-order valence-electron chi connectivity index (χ1n) is 3.00. The molecule has 0 aliphatic heterocycles. The Bertz CT molecular complexity index is 339. The van der Waals surface area contributed by atoms with E-state index >= 15 is 0 Å². The minimum Gasteiger partial charge on any atom is -0.236 e. The second kappa shape index (κ2) is 3.82. The molecule has 2 nitrogen and oxygen atoms in total. The third kappa shape index (κ3) is 2.56. The molecule has 0 unspecified atom stereocenters. The van der Waals surface area contributed by atoms with Gasteiger partial charge in [0.2, 0.25) is 0 Å². The van der Waals surface area contributed by atoms with Gasteiger partial charge in [-0.15, -0.1) is 0 Å². The maximum absolute atomic E-state index is 12.2. The summed E-state index contributed by atoms with van der Waals surface area (Å²) in [4.78, 5) is 6.98. The van der Waals surface area contributed by atoms with E-state index in [1.807, 2.05) is 0 Å².